The molecule has 0 bridgehead atoms. The number of hydrogen-bond donors (Lipinski definition) is 1. The topological polar surface area (TPSA) is 77.4 Å². The lowest BCUT2D eigenvalue weighted by molar-refractivity contribution is 0.411. The normalized spacial score (nSPS) is 12.7. The number of aryl methyl sites for hydroxylation is 1. The van der Waals surface area contributed by atoms with E-state index in [1.165, 1.54) is 0 Å². The fraction of sp³-hybridized carbons (Fsp3) is 0.240. The van der Waals surface area contributed by atoms with Gasteiger partial charge in [0.1, 0.15) is 5.75 Å². The summed E-state index contributed by atoms with van der Waals surface area (Å²) in [5.41, 5.74) is 3.56. The van der Waals surface area contributed by atoms with Crippen molar-refractivity contribution in [2.45, 2.75) is 37.8 Å². The van der Waals surface area contributed by atoms with Crippen LogP contribution in [0.3, 0.4) is 0 Å². The van der Waals surface area contributed by atoms with Crippen molar-refractivity contribution in [3.63, 3.8) is 0 Å². The molecule has 8 heteroatoms. The summed E-state index contributed by atoms with van der Waals surface area (Å²) in [4.78, 5) is 12.6. The van der Waals surface area contributed by atoms with Crippen LogP contribution in [-0.4, -0.2) is 20.1 Å². The number of rotatable bonds is 8. The molecule has 0 amide bonds. The van der Waals surface area contributed by atoms with E-state index in [1.54, 1.807) is 29.9 Å². The first-order chi connectivity index (χ1) is 15.8. The van der Waals surface area contributed by atoms with Gasteiger partial charge in [0.15, 0.2) is 0 Å². The Bertz CT molecular complexity index is 1440. The van der Waals surface area contributed by atoms with Crippen LogP contribution >= 0.6 is 11.3 Å². The molecular formula is C25H26N2O4S2. The summed E-state index contributed by atoms with van der Waals surface area (Å²) in [7, 11) is -2.18. The largest absolute Gasteiger partial charge is 0.496 e. The van der Waals surface area contributed by atoms with Crippen molar-refractivity contribution in [1.82, 2.24) is 9.29 Å². The van der Waals surface area contributed by atoms with Gasteiger partial charge in [0.2, 0.25) is 10.0 Å². The Hall–Kier alpha value is -2.94. The Kier molecular flexibility index (Phi) is 6.69. The summed E-state index contributed by atoms with van der Waals surface area (Å²) in [6, 6.07) is 19.9. The summed E-state index contributed by atoms with van der Waals surface area (Å²) in [6.45, 7) is 4.31. The first-order valence-corrected chi connectivity index (χ1v) is 13.0. The molecule has 0 fully saturated rings. The van der Waals surface area contributed by atoms with E-state index in [0.29, 0.717) is 17.7 Å². The van der Waals surface area contributed by atoms with Crippen LogP contribution in [0.4, 0.5) is 0 Å². The van der Waals surface area contributed by atoms with E-state index >= 15 is 0 Å². The van der Waals surface area contributed by atoms with Crippen LogP contribution < -0.4 is 14.3 Å². The number of thiazole rings is 1. The lowest BCUT2D eigenvalue weighted by Crippen LogP contribution is -2.28. The molecule has 1 N–H and O–H groups in total. The van der Waals surface area contributed by atoms with Crippen molar-refractivity contribution in [3.05, 3.63) is 93.1 Å². The number of aromatic nitrogens is 1. The highest BCUT2D eigenvalue weighted by Gasteiger charge is 2.22. The molecule has 0 aliphatic carbocycles. The second-order valence-corrected chi connectivity index (χ2v) is 10.6. The molecule has 0 saturated carbocycles. The van der Waals surface area contributed by atoms with Crippen LogP contribution in [0.2, 0.25) is 0 Å². The van der Waals surface area contributed by atoms with Crippen molar-refractivity contribution in [2.24, 2.45) is 0 Å². The third-order valence-electron chi connectivity index (χ3n) is 5.66. The number of ether oxygens (including phenoxy) is 1. The molecule has 0 saturated heterocycles. The van der Waals surface area contributed by atoms with Crippen molar-refractivity contribution in [1.29, 1.82) is 0 Å². The third kappa shape index (κ3) is 4.88. The second kappa shape index (κ2) is 9.51. The van der Waals surface area contributed by atoms with Crippen molar-refractivity contribution >= 4 is 31.6 Å². The molecule has 1 heterocycles. The maximum atomic E-state index is 13.2. The van der Waals surface area contributed by atoms with Gasteiger partial charge in [-0.15, -0.1) is 0 Å². The van der Waals surface area contributed by atoms with Gasteiger partial charge in [-0.05, 0) is 54.3 Å². The summed E-state index contributed by atoms with van der Waals surface area (Å²) >= 11 is 1.06. The Morgan fingerprint density at radius 3 is 2.48 bits per heavy atom. The fourth-order valence-corrected chi connectivity index (χ4v) is 6.23. The summed E-state index contributed by atoms with van der Waals surface area (Å²) in [5, 5.41) is 0. The summed E-state index contributed by atoms with van der Waals surface area (Å²) in [5.74, 6) is 0.761. The van der Waals surface area contributed by atoms with Crippen molar-refractivity contribution < 1.29 is 13.2 Å². The van der Waals surface area contributed by atoms with Gasteiger partial charge in [0, 0.05) is 6.04 Å². The highest BCUT2D eigenvalue weighted by Crippen LogP contribution is 2.27. The molecule has 0 radical (unpaired) electrons. The Morgan fingerprint density at radius 1 is 1.06 bits per heavy atom. The molecule has 1 aromatic heterocycles. The van der Waals surface area contributed by atoms with Crippen molar-refractivity contribution in [3.8, 4) is 5.75 Å². The molecule has 0 aliphatic heterocycles. The SMILES string of the molecule is CCC(NS(=O)(=O)c1ccc2c(c1)sc(=O)n2Cc1ccccc1)c1ccc(OC)c(C)c1. The third-order valence-corrected chi connectivity index (χ3v) is 8.07. The zero-order valence-corrected chi connectivity index (χ0v) is 20.4. The average Bonchev–Trinajstić information content (AvgIpc) is 3.12. The number of methoxy groups -OCH3 is 1. The zero-order valence-electron chi connectivity index (χ0n) is 18.7. The fourth-order valence-electron chi connectivity index (χ4n) is 3.89. The quantitative estimate of drug-likeness (QED) is 0.389. The van der Waals surface area contributed by atoms with E-state index in [9.17, 15) is 13.2 Å². The molecule has 33 heavy (non-hydrogen) atoms. The first kappa shape index (κ1) is 23.2. The molecule has 3 aromatic carbocycles. The number of fused-ring (bicyclic) bond motifs is 1. The molecule has 4 aromatic rings. The van der Waals surface area contributed by atoms with E-state index in [-0.39, 0.29) is 15.8 Å². The van der Waals surface area contributed by atoms with Crippen LogP contribution in [0, 0.1) is 6.92 Å². The number of nitrogens with zero attached hydrogens (tertiary/aromatic N) is 1. The van der Waals surface area contributed by atoms with Crippen LogP contribution in [0.1, 0.15) is 36.1 Å². The molecule has 172 valence electrons. The molecule has 6 nitrogen and oxygen atoms in total. The molecule has 4 rings (SSSR count). The molecule has 0 aliphatic rings. The van der Waals surface area contributed by atoms with Gasteiger partial charge in [-0.25, -0.2) is 13.1 Å². The van der Waals surface area contributed by atoms with Crippen LogP contribution in [-0.2, 0) is 16.6 Å². The number of nitrogens with one attached hydrogen (secondary N) is 1. The zero-order chi connectivity index (χ0) is 23.6. The summed E-state index contributed by atoms with van der Waals surface area (Å²) < 4.78 is 36.8. The second-order valence-electron chi connectivity index (χ2n) is 7.88. The van der Waals surface area contributed by atoms with E-state index in [2.05, 4.69) is 4.72 Å². The van der Waals surface area contributed by atoms with Crippen LogP contribution in [0.5, 0.6) is 5.75 Å². The number of hydrogen-bond acceptors (Lipinski definition) is 5. The van der Waals surface area contributed by atoms with E-state index in [4.69, 9.17) is 4.74 Å². The molecule has 1 unspecified atom stereocenters. The lowest BCUT2D eigenvalue weighted by atomic mass is 10.0. The maximum Gasteiger partial charge on any atom is 0.308 e. The van der Waals surface area contributed by atoms with Gasteiger partial charge in [-0.1, -0.05) is 60.7 Å². The average molecular weight is 483 g/mol. The highest BCUT2D eigenvalue weighted by molar-refractivity contribution is 7.89. The van der Waals surface area contributed by atoms with E-state index in [1.807, 2.05) is 62.4 Å². The maximum absolute atomic E-state index is 13.2. The van der Waals surface area contributed by atoms with Gasteiger partial charge in [0.05, 0.1) is 28.8 Å². The van der Waals surface area contributed by atoms with Crippen molar-refractivity contribution in [2.75, 3.05) is 7.11 Å². The van der Waals surface area contributed by atoms with Crippen LogP contribution in [0.25, 0.3) is 10.2 Å². The lowest BCUT2D eigenvalue weighted by Gasteiger charge is -2.19. The standard InChI is InChI=1S/C25H26N2O4S2/c1-4-21(19-10-13-23(31-3)17(2)14-19)26-33(29,30)20-11-12-22-24(15-20)32-25(28)27(22)16-18-8-6-5-7-9-18/h5-15,21,26H,4,16H2,1-3H3. The Balaban J connectivity index is 1.63. The van der Waals surface area contributed by atoms with Gasteiger partial charge in [-0.3, -0.25) is 9.36 Å². The minimum Gasteiger partial charge on any atom is -0.496 e. The molecule has 1 atom stereocenters. The Labute approximate surface area is 197 Å². The minimum atomic E-state index is -3.79. The van der Waals surface area contributed by atoms with Gasteiger partial charge >= 0.3 is 4.87 Å². The smallest absolute Gasteiger partial charge is 0.308 e. The highest BCUT2D eigenvalue weighted by atomic mass is 32.2. The van der Waals surface area contributed by atoms with Gasteiger partial charge in [-0.2, -0.15) is 0 Å². The Morgan fingerprint density at radius 2 is 1.82 bits per heavy atom. The monoisotopic (exact) mass is 482 g/mol. The van der Waals surface area contributed by atoms with E-state index < -0.39 is 10.0 Å². The predicted molar refractivity (Wildman–Crippen MR) is 133 cm³/mol. The molecular weight excluding hydrogens is 456 g/mol. The summed E-state index contributed by atoms with van der Waals surface area (Å²) in [6.07, 6.45) is 0.591. The van der Waals surface area contributed by atoms with Crippen LogP contribution in [0.15, 0.2) is 76.4 Å². The minimum absolute atomic E-state index is 0.114. The number of sulfonamides is 1. The van der Waals surface area contributed by atoms with Gasteiger partial charge < -0.3 is 4.74 Å². The van der Waals surface area contributed by atoms with E-state index in [0.717, 1.165) is 39.3 Å². The van der Waals surface area contributed by atoms with Gasteiger partial charge in [0.25, 0.3) is 0 Å². The molecule has 0 spiro atoms. The number of benzene rings is 3. The first-order valence-electron chi connectivity index (χ1n) is 10.7. The predicted octanol–water partition coefficient (Wildman–Crippen LogP) is 4.86.